The molecule has 2 aromatic rings. The Kier molecular flexibility index (Phi) is 7.32. The Balaban J connectivity index is 1.44. The third-order valence-electron chi connectivity index (χ3n) is 7.10. The van der Waals surface area contributed by atoms with Gasteiger partial charge in [0.1, 0.15) is 17.7 Å². The molecule has 1 amide bonds. The van der Waals surface area contributed by atoms with E-state index in [1.165, 1.54) is 24.9 Å². The summed E-state index contributed by atoms with van der Waals surface area (Å²) in [6.45, 7) is 6.96. The predicted molar refractivity (Wildman–Crippen MR) is 131 cm³/mol. The summed E-state index contributed by atoms with van der Waals surface area (Å²) in [6.07, 6.45) is 4.29. The van der Waals surface area contributed by atoms with Crippen LogP contribution in [0.15, 0.2) is 42.0 Å². The summed E-state index contributed by atoms with van der Waals surface area (Å²) < 4.78 is 5.69. The third kappa shape index (κ3) is 5.38. The fourth-order valence-corrected chi connectivity index (χ4v) is 4.67. The highest BCUT2D eigenvalue weighted by molar-refractivity contribution is 6.02. The number of rotatable bonds is 5. The molecule has 4 atom stereocenters. The van der Waals surface area contributed by atoms with Crippen molar-refractivity contribution < 1.29 is 14.6 Å². The highest BCUT2D eigenvalue weighted by Gasteiger charge is 2.34. The number of benzene rings is 2. The van der Waals surface area contributed by atoms with E-state index in [0.717, 1.165) is 29.4 Å². The van der Waals surface area contributed by atoms with Crippen LogP contribution in [0.1, 0.15) is 38.7 Å². The fraction of sp³-hybridized carbons (Fsp3) is 0.481. The molecule has 6 heteroatoms. The number of fused-ring (bicyclic) bond motifs is 1. The second-order valence-corrected chi connectivity index (χ2v) is 9.42. The Morgan fingerprint density at radius 1 is 1.18 bits per heavy atom. The number of aliphatic hydroxyl groups excluding tert-OH is 1. The van der Waals surface area contributed by atoms with Gasteiger partial charge in [-0.05, 0) is 71.7 Å². The fourth-order valence-electron chi connectivity index (χ4n) is 4.67. The van der Waals surface area contributed by atoms with E-state index in [-0.39, 0.29) is 24.0 Å². The van der Waals surface area contributed by atoms with Gasteiger partial charge in [-0.1, -0.05) is 32.0 Å². The van der Waals surface area contributed by atoms with E-state index in [1.54, 1.807) is 6.08 Å². The van der Waals surface area contributed by atoms with E-state index in [4.69, 9.17) is 4.74 Å². The van der Waals surface area contributed by atoms with Crippen molar-refractivity contribution in [3.05, 3.63) is 47.5 Å². The standard InChI is InChI=1S/C27H33N3O3/c1-18-17-33-25(26(31)19(18)2)16-29-27(32)23(15-28)13-20-6-7-22-14-24(9-8-21(22)12-20)30-10-4-3-5-11-30/h6-9,12-14,18-19,25-26,31H,3-5,10-11,16-17H2,1-2H3,(H,29,32)/b23-13+/t18?,19?,25-,26?/m1/s1. The lowest BCUT2D eigenvalue weighted by molar-refractivity contribution is -0.130. The average Bonchev–Trinajstić information content (AvgIpc) is 2.85. The number of aliphatic hydroxyl groups is 1. The number of amides is 1. The number of carbonyl (C=O) groups is 1. The molecule has 4 rings (SSSR count). The van der Waals surface area contributed by atoms with Crippen LogP contribution in [0.25, 0.3) is 16.8 Å². The number of carbonyl (C=O) groups excluding carboxylic acids is 1. The van der Waals surface area contributed by atoms with Crippen LogP contribution in [0.2, 0.25) is 0 Å². The van der Waals surface area contributed by atoms with Crippen LogP contribution in [-0.2, 0) is 9.53 Å². The van der Waals surface area contributed by atoms with Crippen molar-refractivity contribution in [3.63, 3.8) is 0 Å². The van der Waals surface area contributed by atoms with E-state index >= 15 is 0 Å². The molecule has 2 aliphatic heterocycles. The molecule has 33 heavy (non-hydrogen) atoms. The Morgan fingerprint density at radius 3 is 2.67 bits per heavy atom. The molecule has 0 aromatic heterocycles. The zero-order valence-electron chi connectivity index (χ0n) is 19.5. The van der Waals surface area contributed by atoms with Gasteiger partial charge in [-0.15, -0.1) is 0 Å². The van der Waals surface area contributed by atoms with Gasteiger partial charge in [0.25, 0.3) is 5.91 Å². The van der Waals surface area contributed by atoms with Crippen molar-refractivity contribution >= 4 is 28.4 Å². The average molecular weight is 448 g/mol. The number of nitriles is 1. The molecule has 0 spiro atoms. The van der Waals surface area contributed by atoms with Crippen LogP contribution in [0.5, 0.6) is 0 Å². The molecule has 6 nitrogen and oxygen atoms in total. The maximum atomic E-state index is 12.6. The highest BCUT2D eigenvalue weighted by atomic mass is 16.5. The van der Waals surface area contributed by atoms with Crippen LogP contribution in [0, 0.1) is 23.2 Å². The largest absolute Gasteiger partial charge is 0.390 e. The normalized spacial score (nSPS) is 26.1. The Hall–Kier alpha value is -2.88. The van der Waals surface area contributed by atoms with E-state index in [9.17, 15) is 15.2 Å². The molecule has 2 saturated heterocycles. The summed E-state index contributed by atoms with van der Waals surface area (Å²) in [6, 6.07) is 14.4. The molecule has 2 N–H and O–H groups in total. The number of anilines is 1. The van der Waals surface area contributed by atoms with E-state index < -0.39 is 18.1 Å². The van der Waals surface area contributed by atoms with Crippen molar-refractivity contribution in [3.8, 4) is 6.07 Å². The Bertz CT molecular complexity index is 1070. The topological polar surface area (TPSA) is 85.6 Å². The van der Waals surface area contributed by atoms with Gasteiger partial charge >= 0.3 is 0 Å². The monoisotopic (exact) mass is 447 g/mol. The molecule has 2 heterocycles. The summed E-state index contributed by atoms with van der Waals surface area (Å²) in [5, 5.41) is 24.9. The van der Waals surface area contributed by atoms with Gasteiger partial charge in [-0.2, -0.15) is 5.26 Å². The molecule has 3 unspecified atom stereocenters. The first-order valence-electron chi connectivity index (χ1n) is 11.9. The quantitative estimate of drug-likeness (QED) is 0.537. The second kappa shape index (κ2) is 10.4. The van der Waals surface area contributed by atoms with E-state index in [1.807, 2.05) is 38.1 Å². The lowest BCUT2D eigenvalue weighted by Gasteiger charge is -2.37. The van der Waals surface area contributed by atoms with Gasteiger partial charge in [0, 0.05) is 25.3 Å². The molecule has 0 saturated carbocycles. The Labute approximate surface area is 195 Å². The van der Waals surface area contributed by atoms with E-state index in [0.29, 0.717) is 6.61 Å². The van der Waals surface area contributed by atoms with Gasteiger partial charge in [-0.25, -0.2) is 0 Å². The first kappa shape index (κ1) is 23.3. The summed E-state index contributed by atoms with van der Waals surface area (Å²) in [5.74, 6) is -0.0925. The highest BCUT2D eigenvalue weighted by Crippen LogP contribution is 2.27. The third-order valence-corrected chi connectivity index (χ3v) is 7.10. The van der Waals surface area contributed by atoms with Crippen LogP contribution >= 0.6 is 0 Å². The van der Waals surface area contributed by atoms with Crippen molar-refractivity contribution in [1.29, 1.82) is 5.26 Å². The zero-order valence-corrected chi connectivity index (χ0v) is 19.5. The second-order valence-electron chi connectivity index (χ2n) is 9.42. The number of hydrogen-bond acceptors (Lipinski definition) is 5. The maximum absolute atomic E-state index is 12.6. The van der Waals surface area contributed by atoms with Crippen molar-refractivity contribution in [2.45, 2.75) is 45.3 Å². The SMILES string of the molecule is CC1CO[C@H](CNC(=O)/C(C#N)=C/c2ccc3cc(N4CCCCC4)ccc3c2)C(O)C1C. The molecular weight excluding hydrogens is 414 g/mol. The maximum Gasteiger partial charge on any atom is 0.262 e. The lowest BCUT2D eigenvalue weighted by Crippen LogP contribution is -2.49. The summed E-state index contributed by atoms with van der Waals surface area (Å²) in [4.78, 5) is 15.0. The van der Waals surface area contributed by atoms with Gasteiger partial charge in [0.15, 0.2) is 0 Å². The molecule has 2 aliphatic rings. The smallest absolute Gasteiger partial charge is 0.262 e. The molecule has 174 valence electrons. The molecule has 2 aromatic carbocycles. The minimum absolute atomic E-state index is 0.0333. The van der Waals surface area contributed by atoms with Gasteiger partial charge in [0.05, 0.1) is 12.7 Å². The molecule has 0 radical (unpaired) electrons. The summed E-state index contributed by atoms with van der Waals surface area (Å²) in [7, 11) is 0. The lowest BCUT2D eigenvalue weighted by atomic mass is 9.86. The van der Waals surface area contributed by atoms with Gasteiger partial charge in [-0.3, -0.25) is 4.79 Å². The molecule has 0 bridgehead atoms. The van der Waals surface area contributed by atoms with Gasteiger partial charge < -0.3 is 20.1 Å². The summed E-state index contributed by atoms with van der Waals surface area (Å²) >= 11 is 0. The van der Waals surface area contributed by atoms with Crippen LogP contribution in [0.3, 0.4) is 0 Å². The molecular formula is C27H33N3O3. The van der Waals surface area contributed by atoms with Crippen molar-refractivity contribution in [2.75, 3.05) is 31.1 Å². The first-order valence-corrected chi connectivity index (χ1v) is 11.9. The van der Waals surface area contributed by atoms with E-state index in [2.05, 4.69) is 28.4 Å². The number of nitrogens with one attached hydrogen (secondary N) is 1. The number of hydrogen-bond donors (Lipinski definition) is 2. The first-order chi connectivity index (χ1) is 16.0. The summed E-state index contributed by atoms with van der Waals surface area (Å²) in [5.41, 5.74) is 2.08. The number of ether oxygens (including phenoxy) is 1. The molecule has 2 fully saturated rings. The van der Waals surface area contributed by atoms with Crippen LogP contribution in [0.4, 0.5) is 5.69 Å². The molecule has 0 aliphatic carbocycles. The Morgan fingerprint density at radius 2 is 1.91 bits per heavy atom. The van der Waals surface area contributed by atoms with Crippen molar-refractivity contribution in [2.24, 2.45) is 11.8 Å². The number of piperidine rings is 1. The predicted octanol–water partition coefficient (Wildman–Crippen LogP) is 3.89. The van der Waals surface area contributed by atoms with Crippen molar-refractivity contribution in [1.82, 2.24) is 5.32 Å². The zero-order chi connectivity index (χ0) is 23.4. The van der Waals surface area contributed by atoms with Crippen LogP contribution in [-0.4, -0.2) is 49.5 Å². The minimum atomic E-state index is -0.640. The minimum Gasteiger partial charge on any atom is -0.390 e. The van der Waals surface area contributed by atoms with Gasteiger partial charge in [0.2, 0.25) is 0 Å². The number of nitrogens with zero attached hydrogens (tertiary/aromatic N) is 2. The van der Waals surface area contributed by atoms with Crippen LogP contribution < -0.4 is 10.2 Å².